The summed E-state index contributed by atoms with van der Waals surface area (Å²) < 4.78 is 27.5. The molecule has 2 rings (SSSR count). The van der Waals surface area contributed by atoms with Crippen LogP contribution in [0.3, 0.4) is 0 Å². The number of anilines is 1. The van der Waals surface area contributed by atoms with Gasteiger partial charge in [0.15, 0.2) is 11.6 Å². The molecule has 88 valence electrons. The van der Waals surface area contributed by atoms with Crippen LogP contribution in [-0.4, -0.2) is 15.7 Å². The Labute approximate surface area is 95.9 Å². The maximum atomic E-state index is 13.2. The summed E-state index contributed by atoms with van der Waals surface area (Å²) in [6, 6.07) is 5.26. The molecule has 0 saturated carbocycles. The predicted molar refractivity (Wildman–Crippen MR) is 57.2 cm³/mol. The molecule has 17 heavy (non-hydrogen) atoms. The van der Waals surface area contributed by atoms with Gasteiger partial charge in [0.25, 0.3) is 0 Å². The number of carbonyl (C=O) groups is 1. The van der Waals surface area contributed by atoms with Gasteiger partial charge in [-0.25, -0.2) is 8.78 Å². The molecule has 2 aromatic rings. The second kappa shape index (κ2) is 4.73. The number of nitrogens with one attached hydrogen (secondary N) is 1. The molecule has 0 atom stereocenters. The summed E-state index contributed by atoms with van der Waals surface area (Å²) >= 11 is 0. The molecule has 0 bridgehead atoms. The first-order valence-electron chi connectivity index (χ1n) is 4.88. The van der Waals surface area contributed by atoms with E-state index in [0.717, 1.165) is 6.07 Å². The Hall–Kier alpha value is -2.24. The average Bonchev–Trinajstić information content (AvgIpc) is 2.77. The van der Waals surface area contributed by atoms with Crippen molar-refractivity contribution in [1.29, 1.82) is 0 Å². The van der Waals surface area contributed by atoms with Gasteiger partial charge in [-0.15, -0.1) is 0 Å². The van der Waals surface area contributed by atoms with E-state index >= 15 is 0 Å². The fraction of sp³-hybridized carbons (Fsp3) is 0.0909. The second-order valence-corrected chi connectivity index (χ2v) is 3.35. The maximum absolute atomic E-state index is 13.2. The molecular weight excluding hydrogens is 228 g/mol. The van der Waals surface area contributed by atoms with Crippen LogP contribution in [-0.2, 0) is 11.3 Å². The summed E-state index contributed by atoms with van der Waals surface area (Å²) in [6.07, 6.45) is 3.12. The van der Waals surface area contributed by atoms with E-state index < -0.39 is 17.5 Å². The van der Waals surface area contributed by atoms with Crippen LogP contribution < -0.4 is 5.32 Å². The Bertz CT molecular complexity index is 526. The van der Waals surface area contributed by atoms with Crippen LogP contribution in [0.2, 0.25) is 0 Å². The lowest BCUT2D eigenvalue weighted by atomic mass is 10.3. The maximum Gasteiger partial charge on any atom is 0.246 e. The molecule has 0 unspecified atom stereocenters. The largest absolute Gasteiger partial charge is 0.322 e. The average molecular weight is 237 g/mol. The number of amides is 1. The number of rotatable bonds is 3. The highest BCUT2D eigenvalue weighted by Gasteiger charge is 2.10. The number of benzene rings is 1. The van der Waals surface area contributed by atoms with Gasteiger partial charge in [0, 0.05) is 12.4 Å². The highest BCUT2D eigenvalue weighted by molar-refractivity contribution is 5.90. The predicted octanol–water partition coefficient (Wildman–Crippen LogP) is 1.80. The topological polar surface area (TPSA) is 46.9 Å². The minimum Gasteiger partial charge on any atom is -0.322 e. The molecule has 0 aliphatic carbocycles. The van der Waals surface area contributed by atoms with Gasteiger partial charge in [-0.2, -0.15) is 5.10 Å². The van der Waals surface area contributed by atoms with Crippen LogP contribution in [0.25, 0.3) is 0 Å². The highest BCUT2D eigenvalue weighted by Crippen LogP contribution is 2.16. The molecule has 1 aromatic heterocycles. The summed E-state index contributed by atoms with van der Waals surface area (Å²) in [5.41, 5.74) is -0.179. The summed E-state index contributed by atoms with van der Waals surface area (Å²) in [5.74, 6) is -2.54. The minimum atomic E-state index is -1.07. The molecule has 0 aliphatic heterocycles. The molecule has 1 heterocycles. The van der Waals surface area contributed by atoms with Gasteiger partial charge in [0.2, 0.25) is 5.91 Å². The van der Waals surface area contributed by atoms with E-state index in [9.17, 15) is 13.6 Å². The van der Waals surface area contributed by atoms with Gasteiger partial charge in [-0.3, -0.25) is 9.48 Å². The van der Waals surface area contributed by atoms with Crippen molar-refractivity contribution >= 4 is 11.6 Å². The van der Waals surface area contributed by atoms with Gasteiger partial charge >= 0.3 is 0 Å². The SMILES string of the molecule is O=C(Cn1cccn1)Nc1cccc(F)c1F. The van der Waals surface area contributed by atoms with Gasteiger partial charge in [0.05, 0.1) is 5.69 Å². The lowest BCUT2D eigenvalue weighted by molar-refractivity contribution is -0.116. The smallest absolute Gasteiger partial charge is 0.246 e. The number of nitrogens with zero attached hydrogens (tertiary/aromatic N) is 2. The Balaban J connectivity index is 2.06. The third-order valence-corrected chi connectivity index (χ3v) is 2.09. The number of carbonyl (C=O) groups excluding carboxylic acids is 1. The van der Waals surface area contributed by atoms with Crippen LogP contribution in [0, 0.1) is 11.6 Å². The highest BCUT2D eigenvalue weighted by atomic mass is 19.2. The fourth-order valence-electron chi connectivity index (χ4n) is 1.33. The third-order valence-electron chi connectivity index (χ3n) is 2.09. The van der Waals surface area contributed by atoms with Gasteiger partial charge in [0.1, 0.15) is 6.54 Å². The van der Waals surface area contributed by atoms with Crippen LogP contribution in [0.5, 0.6) is 0 Å². The molecule has 6 heteroatoms. The first kappa shape index (κ1) is 11.3. The molecule has 4 nitrogen and oxygen atoms in total. The van der Waals surface area contributed by atoms with Gasteiger partial charge in [-0.1, -0.05) is 6.07 Å². The lowest BCUT2D eigenvalue weighted by Gasteiger charge is -2.06. The van der Waals surface area contributed by atoms with Crippen molar-refractivity contribution in [3.63, 3.8) is 0 Å². The molecule has 1 aromatic carbocycles. The van der Waals surface area contributed by atoms with Crippen molar-refractivity contribution in [2.75, 3.05) is 5.32 Å². The molecule has 1 amide bonds. The molecule has 0 spiro atoms. The van der Waals surface area contributed by atoms with Crippen LogP contribution >= 0.6 is 0 Å². The fourth-order valence-corrected chi connectivity index (χ4v) is 1.33. The Morgan fingerprint density at radius 3 is 2.88 bits per heavy atom. The minimum absolute atomic E-state index is 0.0526. The summed E-state index contributed by atoms with van der Waals surface area (Å²) in [7, 11) is 0. The van der Waals surface area contributed by atoms with Crippen LogP contribution in [0.4, 0.5) is 14.5 Å². The third kappa shape index (κ3) is 2.66. The summed E-state index contributed by atoms with van der Waals surface area (Å²) in [4.78, 5) is 11.5. The van der Waals surface area contributed by atoms with Gasteiger partial charge < -0.3 is 5.32 Å². The lowest BCUT2D eigenvalue weighted by Crippen LogP contribution is -2.19. The molecule has 1 N–H and O–H groups in total. The van der Waals surface area contributed by atoms with E-state index in [-0.39, 0.29) is 12.2 Å². The van der Waals surface area contributed by atoms with Crippen LogP contribution in [0.15, 0.2) is 36.7 Å². The standard InChI is InChI=1S/C11H9F2N3O/c12-8-3-1-4-9(11(8)13)15-10(17)7-16-6-2-5-14-16/h1-6H,7H2,(H,15,17). The molecule has 0 radical (unpaired) electrons. The summed E-state index contributed by atoms with van der Waals surface area (Å²) in [6.45, 7) is -0.0526. The van der Waals surface area contributed by atoms with Crippen molar-refractivity contribution in [2.24, 2.45) is 0 Å². The van der Waals surface area contributed by atoms with E-state index in [1.165, 1.54) is 23.0 Å². The first-order valence-corrected chi connectivity index (χ1v) is 4.88. The number of hydrogen-bond donors (Lipinski definition) is 1. The first-order chi connectivity index (χ1) is 8.16. The van der Waals surface area contributed by atoms with E-state index in [2.05, 4.69) is 10.4 Å². The normalized spacial score (nSPS) is 10.2. The van der Waals surface area contributed by atoms with E-state index in [1.54, 1.807) is 12.3 Å². The number of hydrogen-bond acceptors (Lipinski definition) is 2. The molecule has 0 fully saturated rings. The quantitative estimate of drug-likeness (QED) is 0.884. The van der Waals surface area contributed by atoms with Crippen molar-refractivity contribution in [1.82, 2.24) is 9.78 Å². The zero-order valence-corrected chi connectivity index (χ0v) is 8.73. The Morgan fingerprint density at radius 2 is 2.18 bits per heavy atom. The van der Waals surface area contributed by atoms with Crippen molar-refractivity contribution in [3.8, 4) is 0 Å². The zero-order valence-electron chi connectivity index (χ0n) is 8.73. The Kier molecular flexibility index (Phi) is 3.13. The zero-order chi connectivity index (χ0) is 12.3. The van der Waals surface area contributed by atoms with E-state index in [4.69, 9.17) is 0 Å². The van der Waals surface area contributed by atoms with E-state index in [1.807, 2.05) is 0 Å². The number of halogens is 2. The molecular formula is C11H9F2N3O. The van der Waals surface area contributed by atoms with Crippen molar-refractivity contribution in [3.05, 3.63) is 48.3 Å². The van der Waals surface area contributed by atoms with Crippen molar-refractivity contribution in [2.45, 2.75) is 6.54 Å². The molecule has 0 aliphatic rings. The van der Waals surface area contributed by atoms with E-state index in [0.29, 0.717) is 0 Å². The summed E-state index contributed by atoms with van der Waals surface area (Å²) in [5, 5.41) is 6.10. The second-order valence-electron chi connectivity index (χ2n) is 3.35. The van der Waals surface area contributed by atoms with Gasteiger partial charge in [-0.05, 0) is 18.2 Å². The van der Waals surface area contributed by atoms with Crippen molar-refractivity contribution < 1.29 is 13.6 Å². The number of aromatic nitrogens is 2. The Morgan fingerprint density at radius 1 is 1.35 bits per heavy atom. The monoisotopic (exact) mass is 237 g/mol. The molecule has 0 saturated heterocycles. The van der Waals surface area contributed by atoms with Crippen LogP contribution in [0.1, 0.15) is 0 Å².